The lowest BCUT2D eigenvalue weighted by atomic mass is 9.71. The van der Waals surface area contributed by atoms with Crippen molar-refractivity contribution in [2.45, 2.75) is 51.0 Å². The lowest BCUT2D eigenvalue weighted by Crippen LogP contribution is -2.54. The molecule has 0 radical (unpaired) electrons. The molecule has 0 bridgehead atoms. The SMILES string of the molecule is CCc1nn(C)cc1C(=O)N1CCC2(O)CCCCC2C1. The molecule has 1 N–H and O–H groups in total. The predicted octanol–water partition coefficient (Wildman–Crippen LogP) is 1.75. The first-order valence-corrected chi connectivity index (χ1v) is 8.07. The number of aromatic nitrogens is 2. The molecule has 2 heterocycles. The van der Waals surface area contributed by atoms with Crippen molar-refractivity contribution < 1.29 is 9.90 Å². The number of rotatable bonds is 2. The summed E-state index contributed by atoms with van der Waals surface area (Å²) in [5.41, 5.74) is 1.06. The summed E-state index contributed by atoms with van der Waals surface area (Å²) in [5.74, 6) is 0.318. The summed E-state index contributed by atoms with van der Waals surface area (Å²) in [6, 6.07) is 0. The fourth-order valence-corrected chi connectivity index (χ4v) is 3.90. The fourth-order valence-electron chi connectivity index (χ4n) is 3.90. The number of fused-ring (bicyclic) bond motifs is 1. The van der Waals surface area contributed by atoms with Gasteiger partial charge in [0, 0.05) is 32.3 Å². The zero-order valence-electron chi connectivity index (χ0n) is 13.0. The molecule has 1 saturated heterocycles. The highest BCUT2D eigenvalue weighted by atomic mass is 16.3. The summed E-state index contributed by atoms with van der Waals surface area (Å²) in [6.07, 6.45) is 7.52. The maximum absolute atomic E-state index is 12.8. The van der Waals surface area contributed by atoms with Gasteiger partial charge < -0.3 is 10.0 Å². The van der Waals surface area contributed by atoms with Gasteiger partial charge in [-0.2, -0.15) is 5.10 Å². The highest BCUT2D eigenvalue weighted by Crippen LogP contribution is 2.40. The van der Waals surface area contributed by atoms with Crippen LogP contribution in [0, 0.1) is 5.92 Å². The quantitative estimate of drug-likeness (QED) is 0.903. The van der Waals surface area contributed by atoms with E-state index in [9.17, 15) is 9.90 Å². The molecular formula is C16H25N3O2. The summed E-state index contributed by atoms with van der Waals surface area (Å²) in [4.78, 5) is 14.7. The van der Waals surface area contributed by atoms with Crippen LogP contribution in [0.3, 0.4) is 0 Å². The third-order valence-electron chi connectivity index (χ3n) is 5.19. The normalized spacial score (nSPS) is 29.3. The van der Waals surface area contributed by atoms with E-state index in [1.807, 2.05) is 25.1 Å². The molecule has 5 nitrogen and oxygen atoms in total. The zero-order valence-corrected chi connectivity index (χ0v) is 13.0. The van der Waals surface area contributed by atoms with Crippen molar-refractivity contribution >= 4 is 5.91 Å². The van der Waals surface area contributed by atoms with Gasteiger partial charge in [0.1, 0.15) is 0 Å². The van der Waals surface area contributed by atoms with Gasteiger partial charge in [-0.05, 0) is 25.7 Å². The minimum atomic E-state index is -0.530. The minimum absolute atomic E-state index is 0.0765. The average Bonchev–Trinajstić information content (AvgIpc) is 2.86. The number of likely N-dealkylation sites (tertiary alicyclic amines) is 1. The van der Waals surface area contributed by atoms with Gasteiger partial charge in [-0.3, -0.25) is 9.48 Å². The van der Waals surface area contributed by atoms with Crippen LogP contribution >= 0.6 is 0 Å². The number of hydrogen-bond acceptors (Lipinski definition) is 3. The summed E-state index contributed by atoms with van der Waals surface area (Å²) in [6.45, 7) is 3.37. The number of aliphatic hydroxyl groups is 1. The smallest absolute Gasteiger partial charge is 0.257 e. The molecule has 1 aromatic rings. The highest BCUT2D eigenvalue weighted by molar-refractivity contribution is 5.95. The molecular weight excluding hydrogens is 266 g/mol. The van der Waals surface area contributed by atoms with E-state index in [1.54, 1.807) is 4.68 Å². The van der Waals surface area contributed by atoms with Crippen molar-refractivity contribution in [1.29, 1.82) is 0 Å². The molecule has 1 aliphatic heterocycles. The predicted molar refractivity (Wildman–Crippen MR) is 80.0 cm³/mol. The van der Waals surface area contributed by atoms with Crippen molar-refractivity contribution in [2.24, 2.45) is 13.0 Å². The van der Waals surface area contributed by atoms with E-state index in [2.05, 4.69) is 5.10 Å². The third-order valence-corrected chi connectivity index (χ3v) is 5.19. The zero-order chi connectivity index (χ0) is 15.0. The van der Waals surface area contributed by atoms with Crippen molar-refractivity contribution in [1.82, 2.24) is 14.7 Å². The molecule has 1 aromatic heterocycles. The van der Waals surface area contributed by atoms with Gasteiger partial charge in [0.05, 0.1) is 16.9 Å². The maximum atomic E-state index is 12.8. The Labute approximate surface area is 125 Å². The van der Waals surface area contributed by atoms with Gasteiger partial charge in [-0.1, -0.05) is 19.8 Å². The Morgan fingerprint density at radius 1 is 1.48 bits per heavy atom. The van der Waals surface area contributed by atoms with Crippen LogP contribution in [0.15, 0.2) is 6.20 Å². The van der Waals surface area contributed by atoms with E-state index >= 15 is 0 Å². The fraction of sp³-hybridized carbons (Fsp3) is 0.750. The van der Waals surface area contributed by atoms with Gasteiger partial charge >= 0.3 is 0 Å². The van der Waals surface area contributed by atoms with E-state index in [4.69, 9.17) is 0 Å². The molecule has 0 spiro atoms. The Balaban J connectivity index is 1.77. The standard InChI is InChI=1S/C16H25N3O2/c1-3-14-13(11-18(2)17-14)15(20)19-9-8-16(21)7-5-4-6-12(16)10-19/h11-12,21H,3-10H2,1-2H3. The largest absolute Gasteiger partial charge is 0.389 e. The molecule has 5 heteroatoms. The van der Waals surface area contributed by atoms with Gasteiger partial charge in [-0.15, -0.1) is 0 Å². The molecule has 1 aliphatic carbocycles. The second-order valence-electron chi connectivity index (χ2n) is 6.56. The number of nitrogens with zero attached hydrogens (tertiary/aromatic N) is 3. The van der Waals surface area contributed by atoms with Crippen LogP contribution in [-0.2, 0) is 13.5 Å². The van der Waals surface area contributed by atoms with E-state index < -0.39 is 5.60 Å². The van der Waals surface area contributed by atoms with Crippen LogP contribution in [0.2, 0.25) is 0 Å². The van der Waals surface area contributed by atoms with Crippen LogP contribution in [0.5, 0.6) is 0 Å². The molecule has 2 aliphatic rings. The Morgan fingerprint density at radius 2 is 2.29 bits per heavy atom. The molecule has 2 atom stereocenters. The molecule has 1 saturated carbocycles. The van der Waals surface area contributed by atoms with Crippen molar-refractivity contribution in [3.05, 3.63) is 17.5 Å². The Hall–Kier alpha value is -1.36. The van der Waals surface area contributed by atoms with Crippen molar-refractivity contribution in [3.8, 4) is 0 Å². The molecule has 1 amide bonds. The Morgan fingerprint density at radius 3 is 3.05 bits per heavy atom. The van der Waals surface area contributed by atoms with Crippen molar-refractivity contribution in [2.75, 3.05) is 13.1 Å². The van der Waals surface area contributed by atoms with Gasteiger partial charge in [0.15, 0.2) is 0 Å². The van der Waals surface area contributed by atoms with Gasteiger partial charge in [0.2, 0.25) is 0 Å². The monoisotopic (exact) mass is 291 g/mol. The summed E-state index contributed by atoms with van der Waals surface area (Å²) < 4.78 is 1.72. The lowest BCUT2D eigenvalue weighted by molar-refractivity contribution is -0.0886. The molecule has 21 heavy (non-hydrogen) atoms. The molecule has 116 valence electrons. The molecule has 2 unspecified atom stereocenters. The average molecular weight is 291 g/mol. The molecule has 0 aromatic carbocycles. The van der Waals surface area contributed by atoms with E-state index in [-0.39, 0.29) is 11.8 Å². The highest BCUT2D eigenvalue weighted by Gasteiger charge is 2.44. The second-order valence-corrected chi connectivity index (χ2v) is 6.56. The second kappa shape index (κ2) is 5.44. The number of carbonyl (C=O) groups is 1. The number of aryl methyl sites for hydroxylation is 2. The Bertz CT molecular complexity index is 540. The van der Waals surface area contributed by atoms with E-state index in [0.717, 1.165) is 36.9 Å². The molecule has 2 fully saturated rings. The number of carbonyl (C=O) groups excluding carboxylic acids is 1. The topological polar surface area (TPSA) is 58.4 Å². The summed E-state index contributed by atoms with van der Waals surface area (Å²) >= 11 is 0. The van der Waals surface area contributed by atoms with E-state index in [0.29, 0.717) is 19.5 Å². The van der Waals surface area contributed by atoms with Crippen LogP contribution in [0.4, 0.5) is 0 Å². The minimum Gasteiger partial charge on any atom is -0.389 e. The molecule has 3 rings (SSSR count). The summed E-state index contributed by atoms with van der Waals surface area (Å²) in [5, 5.41) is 15.1. The number of amides is 1. The Kier molecular flexibility index (Phi) is 3.78. The van der Waals surface area contributed by atoms with E-state index in [1.165, 1.54) is 6.42 Å². The first-order chi connectivity index (χ1) is 10.0. The van der Waals surface area contributed by atoms with Crippen LogP contribution in [0.1, 0.15) is 55.1 Å². The van der Waals surface area contributed by atoms with Gasteiger partial charge in [0.25, 0.3) is 5.91 Å². The van der Waals surface area contributed by atoms with Gasteiger partial charge in [-0.25, -0.2) is 0 Å². The maximum Gasteiger partial charge on any atom is 0.257 e. The van der Waals surface area contributed by atoms with Crippen LogP contribution in [0.25, 0.3) is 0 Å². The lowest BCUT2D eigenvalue weighted by Gasteiger charge is -2.47. The number of piperidine rings is 1. The summed E-state index contributed by atoms with van der Waals surface area (Å²) in [7, 11) is 1.85. The van der Waals surface area contributed by atoms with Crippen LogP contribution in [-0.4, -0.2) is 44.4 Å². The first-order valence-electron chi connectivity index (χ1n) is 8.07. The van der Waals surface area contributed by atoms with Crippen LogP contribution < -0.4 is 0 Å². The third kappa shape index (κ3) is 2.59. The number of hydrogen-bond donors (Lipinski definition) is 1. The first kappa shape index (κ1) is 14.6. The van der Waals surface area contributed by atoms with Crippen molar-refractivity contribution in [3.63, 3.8) is 0 Å².